The number of carbonyl (C=O) groups is 2. The summed E-state index contributed by atoms with van der Waals surface area (Å²) in [6.45, 7) is 4.95. The van der Waals surface area contributed by atoms with Crippen molar-refractivity contribution in [2.24, 2.45) is 0 Å². The fourth-order valence-corrected chi connectivity index (χ4v) is 3.13. The normalized spacial score (nSPS) is 13.6. The molecule has 5 heteroatoms. The van der Waals surface area contributed by atoms with E-state index in [9.17, 15) is 9.59 Å². The standard InChI is InChI=1S/C24H26N2O3/c1-18(2)29-22-14-10-20(11-15-22)24(28)25-16-5-6-19-8-12-21(13-9-19)26-17-4-3-7-23(26)27/h8-15,18H,3-4,7,16-17H2,1-2H3,(H,25,28). The zero-order valence-electron chi connectivity index (χ0n) is 16.9. The van der Waals surface area contributed by atoms with Crippen LogP contribution in [0.1, 0.15) is 49.0 Å². The van der Waals surface area contributed by atoms with E-state index in [-0.39, 0.29) is 24.5 Å². The molecule has 1 aliphatic heterocycles. The number of hydrogen-bond acceptors (Lipinski definition) is 3. The quantitative estimate of drug-likeness (QED) is 0.791. The third-order valence-corrected chi connectivity index (χ3v) is 4.56. The van der Waals surface area contributed by atoms with Crippen molar-refractivity contribution < 1.29 is 14.3 Å². The molecule has 0 saturated carbocycles. The highest BCUT2D eigenvalue weighted by molar-refractivity contribution is 5.94. The first-order valence-corrected chi connectivity index (χ1v) is 9.97. The van der Waals surface area contributed by atoms with Gasteiger partial charge in [0.25, 0.3) is 5.91 Å². The molecule has 1 N–H and O–H groups in total. The van der Waals surface area contributed by atoms with Crippen LogP contribution in [0.3, 0.4) is 0 Å². The smallest absolute Gasteiger partial charge is 0.252 e. The number of rotatable bonds is 5. The van der Waals surface area contributed by atoms with E-state index in [1.165, 1.54) is 0 Å². The molecule has 2 amide bonds. The van der Waals surface area contributed by atoms with Crippen LogP contribution in [-0.4, -0.2) is 31.0 Å². The molecule has 0 spiro atoms. The lowest BCUT2D eigenvalue weighted by Gasteiger charge is -2.26. The predicted octanol–water partition coefficient (Wildman–Crippen LogP) is 3.77. The predicted molar refractivity (Wildman–Crippen MR) is 114 cm³/mol. The number of piperidine rings is 1. The van der Waals surface area contributed by atoms with Gasteiger partial charge in [-0.3, -0.25) is 9.59 Å². The number of carbonyl (C=O) groups excluding carboxylic acids is 2. The molecule has 150 valence electrons. The third-order valence-electron chi connectivity index (χ3n) is 4.56. The first kappa shape index (κ1) is 20.5. The molecular formula is C24H26N2O3. The zero-order chi connectivity index (χ0) is 20.6. The van der Waals surface area contributed by atoms with Gasteiger partial charge in [0, 0.05) is 29.8 Å². The summed E-state index contributed by atoms with van der Waals surface area (Å²) in [5, 5.41) is 2.79. The lowest BCUT2D eigenvalue weighted by molar-refractivity contribution is -0.119. The first-order valence-electron chi connectivity index (χ1n) is 9.97. The van der Waals surface area contributed by atoms with Crippen molar-refractivity contribution in [2.45, 2.75) is 39.2 Å². The number of benzene rings is 2. The molecule has 0 unspecified atom stereocenters. The number of amides is 2. The van der Waals surface area contributed by atoms with E-state index in [1.54, 1.807) is 24.3 Å². The molecule has 2 aromatic carbocycles. The van der Waals surface area contributed by atoms with Crippen molar-refractivity contribution in [1.82, 2.24) is 5.32 Å². The zero-order valence-corrected chi connectivity index (χ0v) is 16.9. The second-order valence-corrected chi connectivity index (χ2v) is 7.22. The molecule has 1 aliphatic rings. The maximum absolute atomic E-state index is 12.2. The summed E-state index contributed by atoms with van der Waals surface area (Å²) in [5.74, 6) is 6.75. The maximum Gasteiger partial charge on any atom is 0.252 e. The van der Waals surface area contributed by atoms with Gasteiger partial charge in [-0.25, -0.2) is 0 Å². The summed E-state index contributed by atoms with van der Waals surface area (Å²) < 4.78 is 5.57. The van der Waals surface area contributed by atoms with Gasteiger partial charge < -0.3 is 15.0 Å². The van der Waals surface area contributed by atoms with Crippen molar-refractivity contribution in [1.29, 1.82) is 0 Å². The Morgan fingerprint density at radius 2 is 1.83 bits per heavy atom. The van der Waals surface area contributed by atoms with Crippen LogP contribution in [0.4, 0.5) is 5.69 Å². The van der Waals surface area contributed by atoms with E-state index in [2.05, 4.69) is 17.2 Å². The molecule has 0 aliphatic carbocycles. The van der Waals surface area contributed by atoms with Gasteiger partial charge in [0.15, 0.2) is 0 Å². The molecule has 0 bridgehead atoms. The van der Waals surface area contributed by atoms with Crippen LogP contribution in [0.2, 0.25) is 0 Å². The Bertz CT molecular complexity index is 906. The van der Waals surface area contributed by atoms with Crippen LogP contribution >= 0.6 is 0 Å². The molecule has 1 saturated heterocycles. The Morgan fingerprint density at radius 3 is 2.48 bits per heavy atom. The van der Waals surface area contributed by atoms with E-state index in [1.807, 2.05) is 43.0 Å². The second-order valence-electron chi connectivity index (χ2n) is 7.22. The Labute approximate surface area is 172 Å². The van der Waals surface area contributed by atoms with Crippen LogP contribution in [0.5, 0.6) is 5.75 Å². The third kappa shape index (κ3) is 5.86. The minimum Gasteiger partial charge on any atom is -0.491 e. The Hall–Kier alpha value is -3.26. The Balaban J connectivity index is 1.50. The van der Waals surface area contributed by atoms with Crippen LogP contribution in [0, 0.1) is 11.8 Å². The summed E-state index contributed by atoms with van der Waals surface area (Å²) in [6.07, 6.45) is 2.73. The molecule has 1 heterocycles. The fourth-order valence-electron chi connectivity index (χ4n) is 3.13. The van der Waals surface area contributed by atoms with E-state index < -0.39 is 0 Å². The van der Waals surface area contributed by atoms with E-state index in [0.717, 1.165) is 36.4 Å². The largest absolute Gasteiger partial charge is 0.491 e. The van der Waals surface area contributed by atoms with Crippen molar-refractivity contribution >= 4 is 17.5 Å². The van der Waals surface area contributed by atoms with Gasteiger partial charge in [0.2, 0.25) is 5.91 Å². The average Bonchev–Trinajstić information content (AvgIpc) is 2.72. The molecular weight excluding hydrogens is 364 g/mol. The Kier molecular flexibility index (Phi) is 6.91. The van der Waals surface area contributed by atoms with Gasteiger partial charge in [-0.2, -0.15) is 0 Å². The van der Waals surface area contributed by atoms with Crippen molar-refractivity contribution in [2.75, 3.05) is 18.0 Å². The van der Waals surface area contributed by atoms with Crippen molar-refractivity contribution in [3.05, 3.63) is 59.7 Å². The lowest BCUT2D eigenvalue weighted by atomic mass is 10.1. The first-order chi connectivity index (χ1) is 14.0. The van der Waals surface area contributed by atoms with Gasteiger partial charge in [-0.1, -0.05) is 11.8 Å². The number of hydrogen-bond donors (Lipinski definition) is 1. The Morgan fingerprint density at radius 1 is 1.10 bits per heavy atom. The number of nitrogens with one attached hydrogen (secondary N) is 1. The van der Waals surface area contributed by atoms with Gasteiger partial charge in [0.05, 0.1) is 12.6 Å². The molecule has 2 aromatic rings. The highest BCUT2D eigenvalue weighted by Gasteiger charge is 2.19. The number of ether oxygens (including phenoxy) is 1. The summed E-state index contributed by atoms with van der Waals surface area (Å²) in [5.41, 5.74) is 2.33. The van der Waals surface area contributed by atoms with Crippen molar-refractivity contribution in [3.63, 3.8) is 0 Å². The molecule has 3 rings (SSSR count). The maximum atomic E-state index is 12.2. The molecule has 29 heavy (non-hydrogen) atoms. The van der Waals surface area contributed by atoms with Crippen LogP contribution in [0.15, 0.2) is 48.5 Å². The SMILES string of the molecule is CC(C)Oc1ccc(C(=O)NCC#Cc2ccc(N3CCCCC3=O)cc2)cc1. The topological polar surface area (TPSA) is 58.6 Å². The summed E-state index contributed by atoms with van der Waals surface area (Å²) in [7, 11) is 0. The minimum atomic E-state index is -0.172. The van der Waals surface area contributed by atoms with Crippen molar-refractivity contribution in [3.8, 4) is 17.6 Å². The summed E-state index contributed by atoms with van der Waals surface area (Å²) in [4.78, 5) is 26.0. The summed E-state index contributed by atoms with van der Waals surface area (Å²) in [6, 6.07) is 14.7. The molecule has 0 aromatic heterocycles. The molecule has 5 nitrogen and oxygen atoms in total. The van der Waals surface area contributed by atoms with E-state index in [4.69, 9.17) is 4.74 Å². The number of nitrogens with zero attached hydrogens (tertiary/aromatic N) is 1. The van der Waals surface area contributed by atoms with Gasteiger partial charge in [-0.05, 0) is 75.2 Å². The van der Waals surface area contributed by atoms with Gasteiger partial charge >= 0.3 is 0 Å². The van der Waals surface area contributed by atoms with Crippen LogP contribution in [0.25, 0.3) is 0 Å². The fraction of sp³-hybridized carbons (Fsp3) is 0.333. The highest BCUT2D eigenvalue weighted by Crippen LogP contribution is 2.21. The lowest BCUT2D eigenvalue weighted by Crippen LogP contribution is -2.35. The molecule has 0 atom stereocenters. The van der Waals surface area contributed by atoms with Gasteiger partial charge in [-0.15, -0.1) is 0 Å². The monoisotopic (exact) mass is 390 g/mol. The second kappa shape index (κ2) is 9.79. The summed E-state index contributed by atoms with van der Waals surface area (Å²) >= 11 is 0. The van der Waals surface area contributed by atoms with Crippen LogP contribution < -0.4 is 15.0 Å². The average molecular weight is 390 g/mol. The highest BCUT2D eigenvalue weighted by atomic mass is 16.5. The number of anilines is 1. The van der Waals surface area contributed by atoms with E-state index in [0.29, 0.717) is 12.0 Å². The van der Waals surface area contributed by atoms with Crippen LogP contribution in [-0.2, 0) is 4.79 Å². The molecule has 1 fully saturated rings. The van der Waals surface area contributed by atoms with Gasteiger partial charge in [0.1, 0.15) is 5.75 Å². The van der Waals surface area contributed by atoms with E-state index >= 15 is 0 Å². The minimum absolute atomic E-state index is 0.0966. The molecule has 0 radical (unpaired) electrons.